The molecule has 8 heteroatoms. The number of carbonyl (C=O) groups is 1. The highest BCUT2D eigenvalue weighted by molar-refractivity contribution is 6.04. The van der Waals surface area contributed by atoms with E-state index in [4.69, 9.17) is 0 Å². The summed E-state index contributed by atoms with van der Waals surface area (Å²) in [6.07, 6.45) is 2.50. The number of fused-ring (bicyclic) bond motifs is 2. The number of amides is 1. The number of carbonyl (C=O) groups excluding carboxylic acids is 1. The van der Waals surface area contributed by atoms with Crippen molar-refractivity contribution in [2.75, 3.05) is 25.5 Å². The normalized spacial score (nSPS) is 11.2. The molecule has 0 spiro atoms. The van der Waals surface area contributed by atoms with Crippen LogP contribution in [0.3, 0.4) is 0 Å². The molecular formula is C25H25N7O. The first kappa shape index (κ1) is 20.7. The molecule has 3 heterocycles. The second-order valence-corrected chi connectivity index (χ2v) is 8.14. The van der Waals surface area contributed by atoms with Crippen LogP contribution < -0.4 is 10.2 Å². The summed E-state index contributed by atoms with van der Waals surface area (Å²) in [5.74, 6) is 0.614. The maximum atomic E-state index is 13.0. The predicted octanol–water partition coefficient (Wildman–Crippen LogP) is 3.17. The summed E-state index contributed by atoms with van der Waals surface area (Å²) in [6, 6.07) is 21.9. The van der Waals surface area contributed by atoms with E-state index in [-0.39, 0.29) is 5.91 Å². The number of para-hydroxylation sites is 1. The van der Waals surface area contributed by atoms with E-state index in [1.165, 1.54) is 0 Å². The Morgan fingerprint density at radius 3 is 2.73 bits per heavy atom. The molecule has 2 aromatic carbocycles. The highest BCUT2D eigenvalue weighted by atomic mass is 16.1. The summed E-state index contributed by atoms with van der Waals surface area (Å²) in [5, 5.41) is 16.9. The molecule has 5 aromatic rings. The minimum absolute atomic E-state index is 0.194. The molecule has 1 N–H and O–H groups in total. The maximum Gasteiger partial charge on any atom is 0.272 e. The van der Waals surface area contributed by atoms with E-state index >= 15 is 0 Å². The minimum Gasteiger partial charge on any atom is -0.378 e. The van der Waals surface area contributed by atoms with Gasteiger partial charge in [0.1, 0.15) is 5.82 Å². The van der Waals surface area contributed by atoms with Gasteiger partial charge < -0.3 is 10.2 Å². The summed E-state index contributed by atoms with van der Waals surface area (Å²) in [7, 11) is 4.04. The largest absolute Gasteiger partial charge is 0.378 e. The highest BCUT2D eigenvalue weighted by Crippen LogP contribution is 2.21. The molecule has 0 aliphatic rings. The molecule has 166 valence electrons. The average molecular weight is 440 g/mol. The summed E-state index contributed by atoms with van der Waals surface area (Å²) in [6.45, 7) is 1.03. The molecule has 3 aromatic heterocycles. The fourth-order valence-corrected chi connectivity index (χ4v) is 3.95. The van der Waals surface area contributed by atoms with Gasteiger partial charge in [0.15, 0.2) is 11.3 Å². The van der Waals surface area contributed by atoms with Gasteiger partial charge in [-0.25, -0.2) is 0 Å². The number of pyridine rings is 1. The van der Waals surface area contributed by atoms with E-state index in [0.717, 1.165) is 33.6 Å². The van der Waals surface area contributed by atoms with Gasteiger partial charge in [0, 0.05) is 44.3 Å². The van der Waals surface area contributed by atoms with Gasteiger partial charge in [-0.1, -0.05) is 36.4 Å². The molecule has 33 heavy (non-hydrogen) atoms. The Kier molecular flexibility index (Phi) is 5.48. The van der Waals surface area contributed by atoms with Crippen LogP contribution in [-0.4, -0.2) is 50.9 Å². The molecule has 0 aliphatic heterocycles. The van der Waals surface area contributed by atoms with E-state index < -0.39 is 0 Å². The number of aromatic nitrogens is 5. The van der Waals surface area contributed by atoms with E-state index in [1.54, 1.807) is 0 Å². The van der Waals surface area contributed by atoms with Crippen molar-refractivity contribution in [2.45, 2.75) is 13.0 Å². The van der Waals surface area contributed by atoms with E-state index in [2.05, 4.69) is 43.7 Å². The van der Waals surface area contributed by atoms with Crippen molar-refractivity contribution in [2.24, 2.45) is 0 Å². The number of benzene rings is 2. The zero-order valence-electron chi connectivity index (χ0n) is 18.6. The van der Waals surface area contributed by atoms with Gasteiger partial charge >= 0.3 is 0 Å². The first-order valence-electron chi connectivity index (χ1n) is 10.9. The van der Waals surface area contributed by atoms with Crippen LogP contribution in [0, 0.1) is 0 Å². The number of anilines is 1. The van der Waals surface area contributed by atoms with Gasteiger partial charge in [0.25, 0.3) is 5.91 Å². The van der Waals surface area contributed by atoms with Gasteiger partial charge in [-0.3, -0.25) is 13.9 Å². The molecule has 8 nitrogen and oxygen atoms in total. The lowest BCUT2D eigenvalue weighted by molar-refractivity contribution is 0.0949. The Bertz CT molecular complexity index is 1430. The first-order chi connectivity index (χ1) is 16.1. The van der Waals surface area contributed by atoms with Crippen LogP contribution in [0.4, 0.5) is 5.69 Å². The molecule has 0 radical (unpaired) electrons. The first-order valence-corrected chi connectivity index (χ1v) is 10.9. The molecule has 0 saturated carbocycles. The van der Waals surface area contributed by atoms with Gasteiger partial charge in [-0.15, -0.1) is 10.2 Å². The lowest BCUT2D eigenvalue weighted by Crippen LogP contribution is -2.27. The molecule has 1 amide bonds. The van der Waals surface area contributed by atoms with Crippen molar-refractivity contribution in [3.05, 3.63) is 90.0 Å². The predicted molar refractivity (Wildman–Crippen MR) is 129 cm³/mol. The summed E-state index contributed by atoms with van der Waals surface area (Å²) in [4.78, 5) is 15.1. The van der Waals surface area contributed by atoms with Crippen LogP contribution in [0.25, 0.3) is 16.6 Å². The van der Waals surface area contributed by atoms with Crippen LogP contribution >= 0.6 is 0 Å². The van der Waals surface area contributed by atoms with Gasteiger partial charge in [-0.05, 0) is 35.9 Å². The molecule has 0 unspecified atom stereocenters. The quantitative estimate of drug-likeness (QED) is 0.421. The summed E-state index contributed by atoms with van der Waals surface area (Å²) >= 11 is 0. The Hall–Kier alpha value is -4.20. The van der Waals surface area contributed by atoms with E-state index in [9.17, 15) is 4.79 Å². The molecule has 0 saturated heterocycles. The Morgan fingerprint density at radius 2 is 1.85 bits per heavy atom. The monoisotopic (exact) mass is 439 g/mol. The molecule has 0 bridgehead atoms. The molecule has 0 fully saturated rings. The average Bonchev–Trinajstić information content (AvgIpc) is 3.41. The van der Waals surface area contributed by atoms with Crippen molar-refractivity contribution in [1.29, 1.82) is 0 Å². The van der Waals surface area contributed by atoms with Crippen molar-refractivity contribution in [1.82, 2.24) is 29.7 Å². The Morgan fingerprint density at radius 1 is 1.00 bits per heavy atom. The fraction of sp³-hybridized carbons (Fsp3) is 0.200. The third kappa shape index (κ3) is 4.15. The molecule has 0 atom stereocenters. The highest BCUT2D eigenvalue weighted by Gasteiger charge is 2.17. The lowest BCUT2D eigenvalue weighted by Gasteiger charge is -2.13. The smallest absolute Gasteiger partial charge is 0.272 e. The summed E-state index contributed by atoms with van der Waals surface area (Å²) < 4.78 is 3.82. The molecule has 0 aliphatic carbocycles. The topological polar surface area (TPSA) is 80.3 Å². The number of rotatable bonds is 7. The minimum atomic E-state index is -0.194. The number of hydrogen-bond acceptors (Lipinski definition) is 5. The standard InChI is InChI=1S/C25H25N7O/c1-30(2)19-9-7-8-18(16-19)17-32-21-11-4-3-10-20(21)24(29-32)25(33)26-14-13-23-28-27-22-12-5-6-15-31(22)23/h3-12,15-16H,13-14,17H2,1-2H3,(H,26,33). The Balaban J connectivity index is 1.35. The van der Waals surface area contributed by atoms with Crippen molar-refractivity contribution in [3.63, 3.8) is 0 Å². The second-order valence-electron chi connectivity index (χ2n) is 8.14. The van der Waals surface area contributed by atoms with Crippen molar-refractivity contribution in [3.8, 4) is 0 Å². The maximum absolute atomic E-state index is 13.0. The van der Waals surface area contributed by atoms with Crippen LogP contribution in [-0.2, 0) is 13.0 Å². The third-order valence-electron chi connectivity index (χ3n) is 5.65. The van der Waals surface area contributed by atoms with Gasteiger partial charge in [0.05, 0.1) is 12.1 Å². The van der Waals surface area contributed by atoms with Crippen molar-refractivity contribution >= 4 is 28.1 Å². The van der Waals surface area contributed by atoms with Crippen LogP contribution in [0.15, 0.2) is 72.9 Å². The number of nitrogens with zero attached hydrogens (tertiary/aromatic N) is 6. The van der Waals surface area contributed by atoms with Crippen LogP contribution in [0.1, 0.15) is 21.9 Å². The Labute approximate surface area is 191 Å². The second kappa shape index (κ2) is 8.74. The zero-order chi connectivity index (χ0) is 22.8. The van der Waals surface area contributed by atoms with E-state index in [1.807, 2.05) is 77.9 Å². The van der Waals surface area contributed by atoms with E-state index in [0.29, 0.717) is 25.2 Å². The van der Waals surface area contributed by atoms with Gasteiger partial charge in [-0.2, -0.15) is 5.10 Å². The van der Waals surface area contributed by atoms with Crippen LogP contribution in [0.5, 0.6) is 0 Å². The molecule has 5 rings (SSSR count). The zero-order valence-corrected chi connectivity index (χ0v) is 18.6. The van der Waals surface area contributed by atoms with Crippen LogP contribution in [0.2, 0.25) is 0 Å². The summed E-state index contributed by atoms with van der Waals surface area (Å²) in [5.41, 5.74) is 4.41. The van der Waals surface area contributed by atoms with Gasteiger partial charge in [0.2, 0.25) is 0 Å². The number of nitrogens with one attached hydrogen (secondary N) is 1. The number of hydrogen-bond donors (Lipinski definition) is 1. The molecular weight excluding hydrogens is 414 g/mol. The SMILES string of the molecule is CN(C)c1cccc(Cn2nc(C(=O)NCCc3nnc4ccccn34)c3ccccc32)c1. The third-order valence-corrected chi connectivity index (χ3v) is 5.65. The fourth-order valence-electron chi connectivity index (χ4n) is 3.95. The lowest BCUT2D eigenvalue weighted by atomic mass is 10.1. The van der Waals surface area contributed by atoms with Crippen molar-refractivity contribution < 1.29 is 4.79 Å².